The fourth-order valence-corrected chi connectivity index (χ4v) is 9.14. The first-order chi connectivity index (χ1) is 22.9. The molecule has 0 amide bonds. The molecule has 0 N–H and O–H groups in total. The Balaban J connectivity index is 1.28. The van der Waals surface area contributed by atoms with Crippen LogP contribution >= 0.6 is 0 Å². The summed E-state index contributed by atoms with van der Waals surface area (Å²) in [6.07, 6.45) is 2.08. The van der Waals surface area contributed by atoms with E-state index < -0.39 is 0 Å². The maximum absolute atomic E-state index is 2.64. The topological polar surface area (TPSA) is 4.93 Å². The van der Waals surface area contributed by atoms with Crippen LogP contribution in [0.15, 0.2) is 115 Å². The molecule has 1 atom stereocenters. The minimum absolute atomic E-state index is 0.0676. The second kappa shape index (κ2) is 9.95. The molecule has 3 heterocycles. The van der Waals surface area contributed by atoms with Gasteiger partial charge in [0.1, 0.15) is 0 Å². The third-order valence-electron chi connectivity index (χ3n) is 12.0. The fraction of sp³-hybridized carbons (Fsp3) is 0.277. The molecule has 0 spiro atoms. The second-order valence-electron chi connectivity index (χ2n) is 16.6. The summed E-state index contributed by atoms with van der Waals surface area (Å²) in [7, 11) is 0. The fourth-order valence-electron chi connectivity index (χ4n) is 9.14. The van der Waals surface area contributed by atoms with Gasteiger partial charge in [-0.2, -0.15) is 0 Å². The van der Waals surface area contributed by atoms with E-state index in [1.807, 2.05) is 0 Å². The lowest BCUT2D eigenvalue weighted by Crippen LogP contribution is -2.33. The molecule has 0 radical (unpaired) electrons. The predicted molar refractivity (Wildman–Crippen MR) is 204 cm³/mol. The Morgan fingerprint density at radius 3 is 1.94 bits per heavy atom. The summed E-state index contributed by atoms with van der Waals surface area (Å²) in [5, 5.41) is 5.39. The number of rotatable bonds is 5. The zero-order chi connectivity index (χ0) is 33.2. The molecular weight excluding hydrogens is 579 g/mol. The predicted octanol–water partition coefficient (Wildman–Crippen LogP) is 12.3. The number of para-hydroxylation sites is 2. The van der Waals surface area contributed by atoms with Gasteiger partial charge in [0.2, 0.25) is 0 Å². The van der Waals surface area contributed by atoms with Gasteiger partial charge in [-0.15, -0.1) is 0 Å². The molecule has 6 aromatic carbocycles. The summed E-state index contributed by atoms with van der Waals surface area (Å²) in [6, 6.07) is 44.5. The monoisotopic (exact) mass is 623 g/mol. The van der Waals surface area contributed by atoms with Gasteiger partial charge in [-0.25, -0.2) is 0 Å². The molecule has 1 unspecified atom stereocenters. The summed E-state index contributed by atoms with van der Waals surface area (Å²) >= 11 is 0. The largest absolute Gasteiger partial charge is 0.308 e. The zero-order valence-electron chi connectivity index (χ0n) is 29.4. The molecule has 0 fully saturated rings. The van der Waals surface area contributed by atoms with Crippen molar-refractivity contribution in [2.45, 2.75) is 83.5 Å². The van der Waals surface area contributed by atoms with E-state index in [9.17, 15) is 0 Å². The molecule has 0 saturated carbocycles. The molecule has 0 aliphatic carbocycles. The lowest BCUT2D eigenvalue weighted by molar-refractivity contribution is 0.589. The Labute approximate surface area is 285 Å². The van der Waals surface area contributed by atoms with E-state index in [0.717, 1.165) is 12.8 Å². The van der Waals surface area contributed by atoms with Crippen molar-refractivity contribution in [2.24, 2.45) is 0 Å². The van der Waals surface area contributed by atoms with Gasteiger partial charge in [0, 0.05) is 27.5 Å². The molecule has 0 saturated heterocycles. The van der Waals surface area contributed by atoms with E-state index in [1.54, 1.807) is 0 Å². The van der Waals surface area contributed by atoms with Gasteiger partial charge in [0.15, 0.2) is 0 Å². The Kier molecular flexibility index (Phi) is 6.12. The quantitative estimate of drug-likeness (QED) is 0.180. The molecule has 2 aliphatic heterocycles. The minimum atomic E-state index is -0.131. The van der Waals surface area contributed by atoms with Crippen LogP contribution in [0.25, 0.3) is 38.3 Å². The standard InChI is InChI=1S/C47H45N/c1-45(2,3)34-23-18-29(19-24-34)20-25-35(32-22-21-30-12-8-9-13-31(30)26-32)33-27-37-36-14-10-15-38-42(36)48-43(37)41(28-33)47(6,7)40-17-11-16-39(44(40)48)46(38,4)5/h8-19,21-24,26-28,35H,20,25H2,1-7H3. The first-order valence-corrected chi connectivity index (χ1v) is 17.8. The van der Waals surface area contributed by atoms with Crippen LogP contribution in [0.1, 0.15) is 105 Å². The molecule has 48 heavy (non-hydrogen) atoms. The highest BCUT2D eigenvalue weighted by Gasteiger charge is 2.43. The average Bonchev–Trinajstić information content (AvgIpc) is 3.41. The second-order valence-corrected chi connectivity index (χ2v) is 16.6. The highest BCUT2D eigenvalue weighted by Crippen LogP contribution is 2.55. The number of hydrogen-bond donors (Lipinski definition) is 0. The molecule has 238 valence electrons. The van der Waals surface area contributed by atoms with Crippen molar-refractivity contribution < 1.29 is 0 Å². The highest BCUT2D eigenvalue weighted by molar-refractivity contribution is 6.14. The van der Waals surface area contributed by atoms with Crippen molar-refractivity contribution in [3.8, 4) is 5.69 Å². The van der Waals surface area contributed by atoms with Crippen LogP contribution in [0.3, 0.4) is 0 Å². The summed E-state index contributed by atoms with van der Waals surface area (Å²) in [5.41, 5.74) is 15.5. The van der Waals surface area contributed by atoms with E-state index in [0.29, 0.717) is 0 Å². The summed E-state index contributed by atoms with van der Waals surface area (Å²) in [5.74, 6) is 0.268. The van der Waals surface area contributed by atoms with Crippen LogP contribution in [0, 0.1) is 0 Å². The van der Waals surface area contributed by atoms with Gasteiger partial charge >= 0.3 is 0 Å². The maximum Gasteiger partial charge on any atom is 0.0582 e. The van der Waals surface area contributed by atoms with Crippen LogP contribution in [-0.2, 0) is 22.7 Å². The molecule has 2 aliphatic rings. The van der Waals surface area contributed by atoms with Crippen molar-refractivity contribution in [3.05, 3.63) is 160 Å². The Morgan fingerprint density at radius 1 is 0.562 bits per heavy atom. The van der Waals surface area contributed by atoms with Crippen LogP contribution in [0.4, 0.5) is 0 Å². The van der Waals surface area contributed by atoms with Crippen LogP contribution < -0.4 is 0 Å². The van der Waals surface area contributed by atoms with Crippen molar-refractivity contribution in [3.63, 3.8) is 0 Å². The molecule has 1 heteroatoms. The van der Waals surface area contributed by atoms with Crippen molar-refractivity contribution in [2.75, 3.05) is 0 Å². The van der Waals surface area contributed by atoms with Gasteiger partial charge in [-0.3, -0.25) is 0 Å². The van der Waals surface area contributed by atoms with Crippen LogP contribution in [-0.4, -0.2) is 4.57 Å². The van der Waals surface area contributed by atoms with E-state index in [-0.39, 0.29) is 22.2 Å². The molecular formula is C47H45N. The van der Waals surface area contributed by atoms with Gasteiger partial charge in [-0.1, -0.05) is 158 Å². The van der Waals surface area contributed by atoms with Gasteiger partial charge in [0.25, 0.3) is 0 Å². The van der Waals surface area contributed by atoms with Crippen molar-refractivity contribution >= 4 is 32.6 Å². The van der Waals surface area contributed by atoms with Gasteiger partial charge in [-0.05, 0) is 79.6 Å². The SMILES string of the molecule is CC(C)(C)c1ccc(CCC(c2ccc3ccccc3c2)c2cc3c4c(c2)c2cccc5c2n4-c2c(cccc2C3(C)C)C5(C)C)cc1. The third-order valence-corrected chi connectivity index (χ3v) is 12.0. The molecule has 1 aromatic heterocycles. The molecule has 9 rings (SSSR count). The Hall–Kier alpha value is -4.62. The van der Waals surface area contributed by atoms with Gasteiger partial charge in [0.05, 0.1) is 16.7 Å². The molecule has 7 aromatic rings. The number of benzene rings is 6. The summed E-state index contributed by atoms with van der Waals surface area (Å²) in [4.78, 5) is 0. The summed E-state index contributed by atoms with van der Waals surface area (Å²) < 4.78 is 2.64. The minimum Gasteiger partial charge on any atom is -0.308 e. The first-order valence-electron chi connectivity index (χ1n) is 17.8. The number of hydrogen-bond acceptors (Lipinski definition) is 0. The van der Waals surface area contributed by atoms with E-state index in [2.05, 4.69) is 168 Å². The van der Waals surface area contributed by atoms with Crippen LogP contribution in [0.5, 0.6) is 0 Å². The number of nitrogens with zero attached hydrogens (tertiary/aromatic N) is 1. The molecule has 1 nitrogen and oxygen atoms in total. The first kappa shape index (κ1) is 29.5. The van der Waals surface area contributed by atoms with Crippen molar-refractivity contribution in [1.29, 1.82) is 0 Å². The molecule has 0 bridgehead atoms. The lowest BCUT2D eigenvalue weighted by atomic mass is 9.68. The smallest absolute Gasteiger partial charge is 0.0582 e. The van der Waals surface area contributed by atoms with E-state index in [4.69, 9.17) is 0 Å². The number of fused-ring (bicyclic) bond motifs is 2. The Morgan fingerprint density at radius 2 is 1.21 bits per heavy atom. The highest BCUT2D eigenvalue weighted by atomic mass is 15.0. The zero-order valence-corrected chi connectivity index (χ0v) is 29.4. The maximum atomic E-state index is 2.64. The van der Waals surface area contributed by atoms with E-state index in [1.165, 1.54) is 82.8 Å². The number of aryl methyl sites for hydroxylation is 1. The van der Waals surface area contributed by atoms with Gasteiger partial charge < -0.3 is 4.57 Å². The summed E-state index contributed by atoms with van der Waals surface area (Å²) in [6.45, 7) is 16.6. The van der Waals surface area contributed by atoms with E-state index >= 15 is 0 Å². The third kappa shape index (κ3) is 4.09. The normalized spacial score (nSPS) is 16.2. The average molecular weight is 624 g/mol. The Bertz CT molecular complexity index is 2420. The number of aromatic nitrogens is 1. The van der Waals surface area contributed by atoms with Crippen LogP contribution in [0.2, 0.25) is 0 Å². The lowest BCUT2D eigenvalue weighted by Gasteiger charge is -2.42. The van der Waals surface area contributed by atoms with Crippen molar-refractivity contribution in [1.82, 2.24) is 4.57 Å².